The molecule has 9 heteroatoms. The summed E-state index contributed by atoms with van der Waals surface area (Å²) in [6.45, 7) is 2.60. The lowest BCUT2D eigenvalue weighted by Crippen LogP contribution is -2.34. The van der Waals surface area contributed by atoms with Gasteiger partial charge in [-0.15, -0.1) is 0 Å². The molecule has 3 aromatic heterocycles. The summed E-state index contributed by atoms with van der Waals surface area (Å²) in [5.74, 6) is -0.628. The molecule has 3 heterocycles. The van der Waals surface area contributed by atoms with Gasteiger partial charge in [0.25, 0.3) is 5.91 Å². The van der Waals surface area contributed by atoms with Gasteiger partial charge in [0.05, 0.1) is 16.6 Å². The summed E-state index contributed by atoms with van der Waals surface area (Å²) in [6.07, 6.45) is -1.46. The molecule has 0 unspecified atom stereocenters. The van der Waals surface area contributed by atoms with E-state index >= 15 is 0 Å². The number of amides is 1. The van der Waals surface area contributed by atoms with Gasteiger partial charge in [0, 0.05) is 23.8 Å². The molecule has 1 aromatic carbocycles. The minimum atomic E-state index is -4.50. The minimum absolute atomic E-state index is 0.0469. The smallest absolute Gasteiger partial charge is 0.342 e. The van der Waals surface area contributed by atoms with Crippen molar-refractivity contribution in [3.05, 3.63) is 54.5 Å². The number of alkyl halides is 3. The van der Waals surface area contributed by atoms with Crippen LogP contribution in [0.3, 0.4) is 0 Å². The van der Waals surface area contributed by atoms with Crippen molar-refractivity contribution in [1.82, 2.24) is 24.4 Å². The number of benzene rings is 1. The van der Waals surface area contributed by atoms with Gasteiger partial charge in [-0.3, -0.25) is 9.36 Å². The van der Waals surface area contributed by atoms with Crippen LogP contribution in [0.1, 0.15) is 30.4 Å². The van der Waals surface area contributed by atoms with Crippen LogP contribution >= 0.6 is 0 Å². The molecule has 4 rings (SSSR count). The van der Waals surface area contributed by atoms with Crippen LogP contribution in [0.4, 0.5) is 13.2 Å². The summed E-state index contributed by atoms with van der Waals surface area (Å²) in [6, 6.07) is 11.0. The van der Waals surface area contributed by atoms with Crippen molar-refractivity contribution in [1.29, 1.82) is 0 Å². The molecule has 0 aliphatic rings. The third-order valence-electron chi connectivity index (χ3n) is 4.61. The average molecular weight is 401 g/mol. The van der Waals surface area contributed by atoms with Crippen LogP contribution < -0.4 is 5.32 Å². The highest BCUT2D eigenvalue weighted by atomic mass is 19.4. The Bertz CT molecular complexity index is 1190. The number of hydrogen-bond acceptors (Lipinski definition) is 3. The number of rotatable bonds is 4. The number of hydrogen-bond donors (Lipinski definition) is 1. The van der Waals surface area contributed by atoms with Gasteiger partial charge >= 0.3 is 6.18 Å². The molecule has 29 heavy (non-hydrogen) atoms. The van der Waals surface area contributed by atoms with E-state index < -0.39 is 18.6 Å². The second-order valence-electron chi connectivity index (χ2n) is 6.93. The van der Waals surface area contributed by atoms with Crippen molar-refractivity contribution >= 4 is 27.8 Å². The van der Waals surface area contributed by atoms with Gasteiger partial charge in [-0.25, -0.2) is 9.97 Å². The number of halogens is 3. The van der Waals surface area contributed by atoms with E-state index in [0.29, 0.717) is 5.52 Å². The Kier molecular flexibility index (Phi) is 4.52. The zero-order valence-corrected chi connectivity index (χ0v) is 15.7. The van der Waals surface area contributed by atoms with Crippen molar-refractivity contribution in [2.45, 2.75) is 26.1 Å². The second kappa shape index (κ2) is 6.91. The highest BCUT2D eigenvalue weighted by Crippen LogP contribution is 2.35. The van der Waals surface area contributed by atoms with E-state index in [1.807, 2.05) is 48.0 Å². The SMILES string of the molecule is CC(C)n1c2ccccc2c2c1cc(C(=O)NCC(F)(F)F)n2-c1ncccn1. The first-order valence-electron chi connectivity index (χ1n) is 9.04. The van der Waals surface area contributed by atoms with Crippen LogP contribution in [-0.2, 0) is 0 Å². The van der Waals surface area contributed by atoms with E-state index in [-0.39, 0.29) is 17.7 Å². The Hall–Kier alpha value is -3.36. The molecule has 0 aliphatic carbocycles. The predicted octanol–water partition coefficient (Wildman–Crippen LogP) is 4.25. The van der Waals surface area contributed by atoms with Crippen molar-refractivity contribution in [3.8, 4) is 5.95 Å². The molecule has 1 amide bonds. The standard InChI is InChI=1S/C20H18F3N5O/c1-12(2)27-14-7-4-3-6-13(14)17-15(27)10-16(18(29)26-11-20(21,22)23)28(17)19-24-8-5-9-25-19/h3-10,12H,11H2,1-2H3,(H,26,29). The lowest BCUT2D eigenvalue weighted by atomic mass is 10.2. The van der Waals surface area contributed by atoms with E-state index in [0.717, 1.165) is 16.4 Å². The van der Waals surface area contributed by atoms with Crippen LogP contribution in [0.15, 0.2) is 48.8 Å². The van der Waals surface area contributed by atoms with Crippen molar-refractivity contribution in [2.75, 3.05) is 6.54 Å². The quantitative estimate of drug-likeness (QED) is 0.556. The lowest BCUT2D eigenvalue weighted by Gasteiger charge is -2.11. The summed E-state index contributed by atoms with van der Waals surface area (Å²) in [4.78, 5) is 21.1. The van der Waals surface area contributed by atoms with Crippen molar-refractivity contribution < 1.29 is 18.0 Å². The molecule has 1 N–H and O–H groups in total. The molecule has 0 saturated heterocycles. The zero-order valence-electron chi connectivity index (χ0n) is 15.7. The van der Waals surface area contributed by atoms with Crippen LogP contribution in [-0.4, -0.2) is 37.7 Å². The molecular formula is C20H18F3N5O. The van der Waals surface area contributed by atoms with E-state index in [9.17, 15) is 18.0 Å². The molecule has 150 valence electrons. The first-order chi connectivity index (χ1) is 13.8. The molecule has 0 radical (unpaired) electrons. The Morgan fingerprint density at radius 3 is 2.45 bits per heavy atom. The van der Waals surface area contributed by atoms with E-state index in [1.165, 1.54) is 17.0 Å². The summed E-state index contributed by atoms with van der Waals surface area (Å²) in [5.41, 5.74) is 2.41. The van der Waals surface area contributed by atoms with Crippen LogP contribution in [0, 0.1) is 0 Å². The summed E-state index contributed by atoms with van der Waals surface area (Å²) < 4.78 is 41.4. The average Bonchev–Trinajstić information content (AvgIpc) is 3.20. The summed E-state index contributed by atoms with van der Waals surface area (Å²) in [5, 5.41) is 2.81. The fourth-order valence-corrected chi connectivity index (χ4v) is 3.56. The highest BCUT2D eigenvalue weighted by Gasteiger charge is 2.30. The maximum absolute atomic E-state index is 12.7. The fraction of sp³-hybridized carbons (Fsp3) is 0.250. The predicted molar refractivity (Wildman–Crippen MR) is 103 cm³/mol. The summed E-state index contributed by atoms with van der Waals surface area (Å²) >= 11 is 0. The Labute approximate surface area is 164 Å². The Morgan fingerprint density at radius 2 is 1.79 bits per heavy atom. The number of nitrogens with one attached hydrogen (secondary N) is 1. The van der Waals surface area contributed by atoms with Crippen LogP contribution in [0.2, 0.25) is 0 Å². The number of aromatic nitrogens is 4. The number of fused-ring (bicyclic) bond motifs is 3. The largest absolute Gasteiger partial charge is 0.405 e. The molecule has 0 bridgehead atoms. The lowest BCUT2D eigenvalue weighted by molar-refractivity contribution is -0.123. The molecular weight excluding hydrogens is 383 g/mol. The number of carbonyl (C=O) groups is 1. The monoisotopic (exact) mass is 401 g/mol. The van der Waals surface area contributed by atoms with Crippen LogP contribution in [0.5, 0.6) is 0 Å². The number of carbonyl (C=O) groups excluding carboxylic acids is 1. The maximum atomic E-state index is 12.7. The van der Waals surface area contributed by atoms with Gasteiger partial charge in [-0.05, 0) is 32.0 Å². The molecule has 0 spiro atoms. The Balaban J connectivity index is 2.01. The second-order valence-corrected chi connectivity index (χ2v) is 6.93. The van der Waals surface area contributed by atoms with Crippen LogP contribution in [0.25, 0.3) is 27.9 Å². The number of para-hydroxylation sites is 1. The molecule has 0 saturated carbocycles. The summed E-state index contributed by atoms with van der Waals surface area (Å²) in [7, 11) is 0. The van der Waals surface area contributed by atoms with Gasteiger partial charge in [-0.2, -0.15) is 13.2 Å². The van der Waals surface area contributed by atoms with E-state index in [4.69, 9.17) is 0 Å². The topological polar surface area (TPSA) is 64.7 Å². The van der Waals surface area contributed by atoms with Gasteiger partial charge in [0.2, 0.25) is 5.95 Å². The maximum Gasteiger partial charge on any atom is 0.405 e. The molecule has 0 atom stereocenters. The normalized spacial score (nSPS) is 12.2. The highest BCUT2D eigenvalue weighted by molar-refractivity contribution is 6.11. The molecule has 4 aromatic rings. The van der Waals surface area contributed by atoms with Gasteiger partial charge in [-0.1, -0.05) is 18.2 Å². The molecule has 0 fully saturated rings. The van der Waals surface area contributed by atoms with Gasteiger partial charge < -0.3 is 9.88 Å². The first kappa shape index (κ1) is 19.0. The van der Waals surface area contributed by atoms with Gasteiger partial charge in [0.15, 0.2) is 0 Å². The van der Waals surface area contributed by atoms with Gasteiger partial charge in [0.1, 0.15) is 12.2 Å². The minimum Gasteiger partial charge on any atom is -0.342 e. The fourth-order valence-electron chi connectivity index (χ4n) is 3.56. The Morgan fingerprint density at radius 1 is 1.10 bits per heavy atom. The third kappa shape index (κ3) is 3.32. The van der Waals surface area contributed by atoms with E-state index in [1.54, 1.807) is 12.1 Å². The van der Waals surface area contributed by atoms with Crippen molar-refractivity contribution in [3.63, 3.8) is 0 Å². The zero-order chi connectivity index (χ0) is 20.8. The molecule has 0 aliphatic heterocycles. The van der Waals surface area contributed by atoms with Crippen molar-refractivity contribution in [2.24, 2.45) is 0 Å². The molecule has 6 nitrogen and oxygen atoms in total. The van der Waals surface area contributed by atoms with E-state index in [2.05, 4.69) is 9.97 Å². The third-order valence-corrected chi connectivity index (χ3v) is 4.61. The number of nitrogens with zero attached hydrogens (tertiary/aromatic N) is 4. The first-order valence-corrected chi connectivity index (χ1v) is 9.04.